The van der Waals surface area contributed by atoms with Gasteiger partial charge in [0.05, 0.1) is 10.6 Å². The van der Waals surface area contributed by atoms with E-state index in [2.05, 4.69) is 39.2 Å². The smallest absolute Gasteiger partial charge is 0.230 e. The third kappa shape index (κ3) is 4.25. The van der Waals surface area contributed by atoms with Crippen LogP contribution >= 0.6 is 11.3 Å². The molecule has 1 fully saturated rings. The Bertz CT molecular complexity index is 638. The highest BCUT2D eigenvalue weighted by molar-refractivity contribution is 7.22. The zero-order valence-corrected chi connectivity index (χ0v) is 14.5. The van der Waals surface area contributed by atoms with E-state index in [4.69, 9.17) is 0 Å². The van der Waals surface area contributed by atoms with E-state index < -0.39 is 0 Å². The number of likely N-dealkylation sites (N-methyl/N-ethyl adjacent to an activating group) is 1. The van der Waals surface area contributed by atoms with Crippen molar-refractivity contribution in [2.24, 2.45) is 5.92 Å². The molecule has 0 aliphatic carbocycles. The summed E-state index contributed by atoms with van der Waals surface area (Å²) in [6.45, 7) is 3.96. The second kappa shape index (κ2) is 7.33. The van der Waals surface area contributed by atoms with Gasteiger partial charge >= 0.3 is 0 Å². The molecule has 124 valence electrons. The Morgan fingerprint density at radius 3 is 3.17 bits per heavy atom. The van der Waals surface area contributed by atoms with E-state index in [-0.39, 0.29) is 11.8 Å². The second-order valence-electron chi connectivity index (χ2n) is 6.28. The highest BCUT2D eigenvalue weighted by Crippen LogP contribution is 2.25. The summed E-state index contributed by atoms with van der Waals surface area (Å²) < 4.78 is 0.999. The van der Waals surface area contributed by atoms with Crippen LogP contribution in [0.15, 0.2) is 18.3 Å². The van der Waals surface area contributed by atoms with Crippen molar-refractivity contribution in [2.75, 3.05) is 45.6 Å². The Balaban J connectivity index is 1.58. The summed E-state index contributed by atoms with van der Waals surface area (Å²) in [4.78, 5) is 25.7. The molecule has 0 saturated carbocycles. The number of amides is 1. The summed E-state index contributed by atoms with van der Waals surface area (Å²) in [6.07, 6.45) is 3.75. The SMILES string of the molecule is CN(C)CCN1CCCC(C(=O)Nc2nc3ncccc3s2)C1. The number of fused-ring (bicyclic) bond motifs is 1. The predicted molar refractivity (Wildman–Crippen MR) is 93.8 cm³/mol. The zero-order valence-electron chi connectivity index (χ0n) is 13.7. The topological polar surface area (TPSA) is 61.4 Å². The van der Waals surface area contributed by atoms with E-state index in [1.807, 2.05) is 12.1 Å². The lowest BCUT2D eigenvalue weighted by atomic mass is 9.97. The quantitative estimate of drug-likeness (QED) is 0.905. The van der Waals surface area contributed by atoms with Gasteiger partial charge in [-0.2, -0.15) is 4.98 Å². The Morgan fingerprint density at radius 1 is 1.52 bits per heavy atom. The number of aromatic nitrogens is 2. The number of carbonyl (C=O) groups excluding carboxylic acids is 1. The van der Waals surface area contributed by atoms with Gasteiger partial charge in [-0.05, 0) is 45.6 Å². The number of nitrogens with one attached hydrogen (secondary N) is 1. The lowest BCUT2D eigenvalue weighted by Crippen LogP contribution is -2.43. The molecule has 1 aliphatic heterocycles. The van der Waals surface area contributed by atoms with Gasteiger partial charge in [-0.1, -0.05) is 11.3 Å². The first-order valence-electron chi connectivity index (χ1n) is 8.01. The molecule has 23 heavy (non-hydrogen) atoms. The molecule has 2 aromatic heterocycles. The number of rotatable bonds is 5. The lowest BCUT2D eigenvalue weighted by molar-refractivity contribution is -0.121. The maximum Gasteiger partial charge on any atom is 0.230 e. The fourth-order valence-electron chi connectivity index (χ4n) is 2.84. The van der Waals surface area contributed by atoms with Gasteiger partial charge in [0.15, 0.2) is 10.8 Å². The number of thiazole rings is 1. The van der Waals surface area contributed by atoms with E-state index in [1.165, 1.54) is 11.3 Å². The molecule has 1 amide bonds. The van der Waals surface area contributed by atoms with Crippen molar-refractivity contribution >= 4 is 32.7 Å². The summed E-state index contributed by atoms with van der Waals surface area (Å²) in [5, 5.41) is 3.63. The van der Waals surface area contributed by atoms with Crippen LogP contribution in [0.2, 0.25) is 0 Å². The van der Waals surface area contributed by atoms with Crippen molar-refractivity contribution in [3.05, 3.63) is 18.3 Å². The van der Waals surface area contributed by atoms with Gasteiger partial charge in [-0.15, -0.1) is 0 Å². The average molecular weight is 333 g/mol. The van der Waals surface area contributed by atoms with Gasteiger partial charge < -0.3 is 15.1 Å². The molecule has 1 aliphatic rings. The minimum Gasteiger partial charge on any atom is -0.308 e. The fraction of sp³-hybridized carbons (Fsp3) is 0.562. The van der Waals surface area contributed by atoms with Gasteiger partial charge in [0.25, 0.3) is 0 Å². The van der Waals surface area contributed by atoms with Crippen LogP contribution < -0.4 is 5.32 Å². The first kappa shape index (κ1) is 16.3. The third-order valence-corrected chi connectivity index (χ3v) is 5.06. The molecule has 1 unspecified atom stereocenters. The zero-order chi connectivity index (χ0) is 16.2. The summed E-state index contributed by atoms with van der Waals surface area (Å²) in [6, 6.07) is 3.86. The van der Waals surface area contributed by atoms with Crippen LogP contribution in [0, 0.1) is 5.92 Å². The summed E-state index contributed by atoms with van der Waals surface area (Å²) in [5.41, 5.74) is 0.698. The van der Waals surface area contributed by atoms with Crippen LogP contribution in [0.5, 0.6) is 0 Å². The van der Waals surface area contributed by atoms with Crippen molar-refractivity contribution in [1.82, 2.24) is 19.8 Å². The Labute approximate surface area is 140 Å². The predicted octanol–water partition coefficient (Wildman–Crippen LogP) is 1.90. The molecule has 6 nitrogen and oxygen atoms in total. The minimum absolute atomic E-state index is 0.0471. The van der Waals surface area contributed by atoms with Crippen molar-refractivity contribution < 1.29 is 4.79 Å². The van der Waals surface area contributed by atoms with E-state index in [0.717, 1.165) is 43.7 Å². The molecule has 1 saturated heterocycles. The van der Waals surface area contributed by atoms with Crippen molar-refractivity contribution in [3.63, 3.8) is 0 Å². The van der Waals surface area contributed by atoms with Gasteiger partial charge in [0, 0.05) is 25.8 Å². The standard InChI is InChI=1S/C16H23N5OS/c1-20(2)9-10-21-8-4-5-12(11-21)15(22)19-16-18-14-13(23-16)6-3-7-17-14/h3,6-7,12H,4-5,8-11H2,1-2H3,(H,17,18,19,22). The Hall–Kier alpha value is -1.57. The maximum absolute atomic E-state index is 12.5. The molecule has 3 heterocycles. The number of hydrogen-bond acceptors (Lipinski definition) is 6. The number of pyridine rings is 1. The van der Waals surface area contributed by atoms with Crippen molar-refractivity contribution in [3.8, 4) is 0 Å². The normalized spacial score (nSPS) is 19.3. The van der Waals surface area contributed by atoms with E-state index in [1.54, 1.807) is 6.20 Å². The molecule has 3 rings (SSSR count). The summed E-state index contributed by atoms with van der Waals surface area (Å²) in [5.74, 6) is 0.129. The average Bonchev–Trinajstić information content (AvgIpc) is 2.95. The van der Waals surface area contributed by atoms with Crippen LogP contribution in [0.3, 0.4) is 0 Å². The number of piperidine rings is 1. The highest BCUT2D eigenvalue weighted by atomic mass is 32.1. The maximum atomic E-state index is 12.5. The van der Waals surface area contributed by atoms with Gasteiger partial charge in [-0.3, -0.25) is 4.79 Å². The Kier molecular flexibility index (Phi) is 5.20. The molecule has 0 bridgehead atoms. The minimum atomic E-state index is 0.0471. The lowest BCUT2D eigenvalue weighted by Gasteiger charge is -2.32. The number of nitrogens with zero attached hydrogens (tertiary/aromatic N) is 4. The van der Waals surface area contributed by atoms with E-state index in [9.17, 15) is 4.79 Å². The highest BCUT2D eigenvalue weighted by Gasteiger charge is 2.26. The molecule has 7 heteroatoms. The number of likely N-dealkylation sites (tertiary alicyclic amines) is 1. The number of anilines is 1. The third-order valence-electron chi connectivity index (χ3n) is 4.13. The monoisotopic (exact) mass is 333 g/mol. The van der Waals surface area contributed by atoms with E-state index >= 15 is 0 Å². The molecular formula is C16H23N5OS. The number of hydrogen-bond donors (Lipinski definition) is 1. The van der Waals surface area contributed by atoms with Gasteiger partial charge in [-0.25, -0.2) is 4.98 Å². The van der Waals surface area contributed by atoms with Crippen molar-refractivity contribution in [2.45, 2.75) is 12.8 Å². The number of carbonyl (C=O) groups is 1. The van der Waals surface area contributed by atoms with Gasteiger partial charge in [0.1, 0.15) is 0 Å². The van der Waals surface area contributed by atoms with Crippen molar-refractivity contribution in [1.29, 1.82) is 0 Å². The first-order valence-corrected chi connectivity index (χ1v) is 8.83. The molecule has 1 atom stereocenters. The molecule has 2 aromatic rings. The van der Waals surface area contributed by atoms with Crippen LogP contribution in [-0.2, 0) is 4.79 Å². The van der Waals surface area contributed by atoms with Crippen LogP contribution in [-0.4, -0.2) is 65.9 Å². The molecule has 0 spiro atoms. The van der Waals surface area contributed by atoms with Crippen LogP contribution in [0.4, 0.5) is 5.13 Å². The summed E-state index contributed by atoms with van der Waals surface area (Å²) in [7, 11) is 4.16. The Morgan fingerprint density at radius 2 is 2.39 bits per heavy atom. The molecule has 1 N–H and O–H groups in total. The van der Waals surface area contributed by atoms with Crippen LogP contribution in [0.25, 0.3) is 10.3 Å². The first-order chi connectivity index (χ1) is 11.1. The molecular weight excluding hydrogens is 310 g/mol. The molecule has 0 aromatic carbocycles. The second-order valence-corrected chi connectivity index (χ2v) is 7.31. The van der Waals surface area contributed by atoms with Crippen LogP contribution in [0.1, 0.15) is 12.8 Å². The van der Waals surface area contributed by atoms with E-state index in [0.29, 0.717) is 10.8 Å². The van der Waals surface area contributed by atoms with Gasteiger partial charge in [0.2, 0.25) is 5.91 Å². The molecule has 0 radical (unpaired) electrons. The summed E-state index contributed by atoms with van der Waals surface area (Å²) >= 11 is 1.48. The fourth-order valence-corrected chi connectivity index (χ4v) is 3.67. The largest absolute Gasteiger partial charge is 0.308 e.